The van der Waals surface area contributed by atoms with Crippen molar-refractivity contribution in [3.8, 4) is 0 Å². The van der Waals surface area contributed by atoms with Crippen molar-refractivity contribution in [3.63, 3.8) is 0 Å². The molecule has 0 bridgehead atoms. The number of hydrogen-bond acceptors (Lipinski definition) is 9. The smallest absolute Gasteiger partial charge is 0.379 e. The first-order chi connectivity index (χ1) is 22.3. The second kappa shape index (κ2) is 14.8. The van der Waals surface area contributed by atoms with Gasteiger partial charge in [0.2, 0.25) is 17.8 Å². The van der Waals surface area contributed by atoms with Crippen LogP contribution >= 0.6 is 0 Å². The Balaban J connectivity index is 1.34. The van der Waals surface area contributed by atoms with E-state index in [1.807, 2.05) is 0 Å². The monoisotopic (exact) mass is 706 g/mol. The van der Waals surface area contributed by atoms with E-state index in [4.69, 9.17) is 4.74 Å². The Morgan fingerprint density at radius 1 is 1.00 bits per heavy atom. The molecule has 2 saturated heterocycles. The van der Waals surface area contributed by atoms with Crippen LogP contribution in [0.3, 0.4) is 0 Å². The summed E-state index contributed by atoms with van der Waals surface area (Å²) < 4.78 is 86.6. The number of aromatic nitrogens is 4. The second-order valence-corrected chi connectivity index (χ2v) is 18.8. The highest BCUT2D eigenvalue weighted by Gasteiger charge is 2.40. The van der Waals surface area contributed by atoms with Crippen LogP contribution in [0.2, 0.25) is 25.7 Å². The van der Waals surface area contributed by atoms with Gasteiger partial charge in [0.1, 0.15) is 18.2 Å². The SMILES string of the molecule is C[C@@H](CN1CCCC(C(=O)N2CCN(c3ncc(C(F)(F)F)cn3)CC2)C1=O)Nc1cnn(COCC[Si](C)(C)C)c(=O)c1C(F)(F)F. The van der Waals surface area contributed by atoms with Gasteiger partial charge in [0.25, 0.3) is 5.56 Å². The van der Waals surface area contributed by atoms with Crippen LogP contribution in [-0.2, 0) is 33.4 Å². The van der Waals surface area contributed by atoms with Gasteiger partial charge >= 0.3 is 12.4 Å². The normalized spacial score (nSPS) is 18.7. The highest BCUT2D eigenvalue weighted by atomic mass is 28.3. The number of carbonyl (C=O) groups is 2. The lowest BCUT2D eigenvalue weighted by atomic mass is 9.94. The molecule has 0 saturated carbocycles. The van der Waals surface area contributed by atoms with Crippen LogP contribution in [0, 0.1) is 5.92 Å². The van der Waals surface area contributed by atoms with Crippen molar-refractivity contribution in [2.45, 2.75) is 70.6 Å². The molecule has 2 aromatic rings. The Bertz CT molecular complexity index is 1490. The largest absolute Gasteiger partial charge is 0.423 e. The highest BCUT2D eigenvalue weighted by Crippen LogP contribution is 2.32. The number of anilines is 2. The van der Waals surface area contributed by atoms with E-state index in [-0.39, 0.29) is 38.7 Å². The Hall–Kier alpha value is -3.74. The Morgan fingerprint density at radius 2 is 1.65 bits per heavy atom. The fourth-order valence-electron chi connectivity index (χ4n) is 5.46. The minimum Gasteiger partial charge on any atom is -0.379 e. The number of halogens is 6. The highest BCUT2D eigenvalue weighted by molar-refractivity contribution is 6.76. The van der Waals surface area contributed by atoms with Crippen molar-refractivity contribution in [1.29, 1.82) is 0 Å². The van der Waals surface area contributed by atoms with E-state index < -0.39 is 73.3 Å². The molecule has 48 heavy (non-hydrogen) atoms. The summed E-state index contributed by atoms with van der Waals surface area (Å²) >= 11 is 0. The van der Waals surface area contributed by atoms with Crippen molar-refractivity contribution in [1.82, 2.24) is 29.5 Å². The van der Waals surface area contributed by atoms with E-state index in [1.165, 1.54) is 9.80 Å². The summed E-state index contributed by atoms with van der Waals surface area (Å²) in [4.78, 5) is 51.7. The van der Waals surface area contributed by atoms with Crippen LogP contribution in [0.25, 0.3) is 0 Å². The van der Waals surface area contributed by atoms with Crippen LogP contribution in [0.4, 0.5) is 38.0 Å². The number of hydrogen-bond donors (Lipinski definition) is 1. The number of likely N-dealkylation sites (tertiary alicyclic amines) is 1. The van der Waals surface area contributed by atoms with Gasteiger partial charge in [0.05, 0.1) is 17.4 Å². The van der Waals surface area contributed by atoms with Crippen LogP contribution in [0.1, 0.15) is 30.9 Å². The molecule has 2 atom stereocenters. The summed E-state index contributed by atoms with van der Waals surface area (Å²) in [6, 6.07) is 0.0335. The third-order valence-corrected chi connectivity index (χ3v) is 9.81. The number of piperazine rings is 1. The van der Waals surface area contributed by atoms with Gasteiger partial charge in [-0.25, -0.2) is 14.6 Å². The summed E-state index contributed by atoms with van der Waals surface area (Å²) in [5.41, 5.74) is -4.26. The maximum atomic E-state index is 14.0. The van der Waals surface area contributed by atoms with E-state index in [1.54, 1.807) is 11.8 Å². The fourth-order valence-corrected chi connectivity index (χ4v) is 6.22. The van der Waals surface area contributed by atoms with E-state index in [9.17, 15) is 40.7 Å². The van der Waals surface area contributed by atoms with Gasteiger partial charge in [0.15, 0.2) is 0 Å². The quantitative estimate of drug-likeness (QED) is 0.161. The molecule has 2 aliphatic heterocycles. The number of nitrogens with zero attached hydrogens (tertiary/aromatic N) is 7. The lowest BCUT2D eigenvalue weighted by molar-refractivity contribution is -0.150. The molecule has 0 aliphatic carbocycles. The standard InChI is InChI=1S/C29H40F6N8O4Si/c1-19(39-22-16-38-43(18-47-12-13-48(2,3)4)26(46)23(22)29(33,34)35)17-42-7-5-6-21(25(42)45)24(44)40-8-10-41(11-9-40)27-36-14-20(15-37-27)28(30,31)32/h14-16,19,21,39H,5-13,17-18H2,1-4H3/t19-,21?/m0/s1. The van der Waals surface area contributed by atoms with Gasteiger partial charge in [-0.3, -0.25) is 14.4 Å². The predicted octanol–water partition coefficient (Wildman–Crippen LogP) is 3.77. The van der Waals surface area contributed by atoms with Gasteiger partial charge in [0, 0.05) is 72.4 Å². The van der Waals surface area contributed by atoms with Crippen LogP contribution in [0.5, 0.6) is 0 Å². The zero-order valence-electron chi connectivity index (χ0n) is 27.2. The molecular weight excluding hydrogens is 666 g/mol. The van der Waals surface area contributed by atoms with Gasteiger partial charge < -0.3 is 24.8 Å². The van der Waals surface area contributed by atoms with E-state index >= 15 is 0 Å². The van der Waals surface area contributed by atoms with E-state index in [2.05, 4.69) is 40.0 Å². The van der Waals surface area contributed by atoms with Crippen molar-refractivity contribution in [2.24, 2.45) is 5.92 Å². The minimum atomic E-state index is -4.98. The number of alkyl halides is 6. The number of rotatable bonds is 11. The topological polar surface area (TPSA) is 126 Å². The number of carbonyl (C=O) groups excluding carboxylic acids is 2. The minimum absolute atomic E-state index is 0.0260. The zero-order chi connectivity index (χ0) is 35.4. The molecule has 266 valence electrons. The van der Waals surface area contributed by atoms with Crippen LogP contribution in [0.15, 0.2) is 23.4 Å². The molecule has 1 N–H and O–H groups in total. The average Bonchev–Trinajstić information content (AvgIpc) is 2.99. The predicted molar refractivity (Wildman–Crippen MR) is 166 cm³/mol. The Labute approximate surface area is 274 Å². The third-order valence-electron chi connectivity index (χ3n) is 8.10. The maximum absolute atomic E-state index is 14.0. The first-order valence-corrected chi connectivity index (χ1v) is 19.3. The lowest BCUT2D eigenvalue weighted by Crippen LogP contribution is -2.55. The summed E-state index contributed by atoms with van der Waals surface area (Å²) in [5, 5.41) is 6.55. The van der Waals surface area contributed by atoms with Crippen LogP contribution < -0.4 is 15.8 Å². The molecule has 4 heterocycles. The second-order valence-electron chi connectivity index (χ2n) is 13.2. The molecule has 2 fully saturated rings. The zero-order valence-corrected chi connectivity index (χ0v) is 28.2. The molecule has 2 aromatic heterocycles. The van der Waals surface area contributed by atoms with Gasteiger partial charge in [-0.1, -0.05) is 19.6 Å². The number of ether oxygens (including phenoxy) is 1. The van der Waals surface area contributed by atoms with Gasteiger partial charge in [-0.05, 0) is 25.8 Å². The fraction of sp³-hybridized carbons (Fsp3) is 0.655. The molecule has 4 rings (SSSR count). The lowest BCUT2D eigenvalue weighted by Gasteiger charge is -2.39. The summed E-state index contributed by atoms with van der Waals surface area (Å²) in [5.74, 6) is -1.72. The Morgan fingerprint density at radius 3 is 2.23 bits per heavy atom. The van der Waals surface area contributed by atoms with Crippen LogP contribution in [-0.4, -0.2) is 101 Å². The molecule has 19 heteroatoms. The average molecular weight is 707 g/mol. The number of piperidine rings is 1. The maximum Gasteiger partial charge on any atom is 0.423 e. The molecular formula is C29H40F6N8O4Si. The first-order valence-electron chi connectivity index (χ1n) is 15.6. The van der Waals surface area contributed by atoms with Gasteiger partial charge in [-0.15, -0.1) is 0 Å². The molecule has 12 nitrogen and oxygen atoms in total. The van der Waals surface area contributed by atoms with E-state index in [0.29, 0.717) is 43.1 Å². The number of amides is 2. The first kappa shape index (κ1) is 37.1. The van der Waals surface area contributed by atoms with Crippen molar-refractivity contribution in [2.75, 3.05) is 56.1 Å². The van der Waals surface area contributed by atoms with Crippen molar-refractivity contribution >= 4 is 31.5 Å². The van der Waals surface area contributed by atoms with Crippen molar-refractivity contribution in [3.05, 3.63) is 40.1 Å². The van der Waals surface area contributed by atoms with Gasteiger partial charge in [-0.2, -0.15) is 31.4 Å². The molecule has 0 aromatic carbocycles. The molecule has 0 radical (unpaired) electrons. The summed E-state index contributed by atoms with van der Waals surface area (Å²) in [6.07, 6.45) is -6.42. The molecule has 2 aliphatic rings. The third kappa shape index (κ3) is 9.45. The summed E-state index contributed by atoms with van der Waals surface area (Å²) in [6.45, 7) is 8.98. The van der Waals surface area contributed by atoms with E-state index in [0.717, 1.165) is 12.2 Å². The Kier molecular flexibility index (Phi) is 11.4. The number of nitrogens with one attached hydrogen (secondary N) is 1. The molecule has 2 amide bonds. The molecule has 0 spiro atoms. The molecule has 1 unspecified atom stereocenters. The van der Waals surface area contributed by atoms with Crippen molar-refractivity contribution < 1.29 is 40.7 Å². The summed E-state index contributed by atoms with van der Waals surface area (Å²) in [7, 11) is -1.45.